The van der Waals surface area contributed by atoms with Gasteiger partial charge in [-0.1, -0.05) is 29.7 Å². The predicted octanol–water partition coefficient (Wildman–Crippen LogP) is 4.73. The summed E-state index contributed by atoms with van der Waals surface area (Å²) in [5.74, 6) is 2.65. The molecule has 2 aliphatic carbocycles. The summed E-state index contributed by atoms with van der Waals surface area (Å²) in [6, 6.07) is 0. The van der Waals surface area contributed by atoms with Gasteiger partial charge in [-0.05, 0) is 58.3 Å². The fraction of sp³-hybridized carbons (Fsp3) is 0.733. The zero-order valence-electron chi connectivity index (χ0n) is 10.6. The molecule has 0 aromatic carbocycles. The van der Waals surface area contributed by atoms with Crippen LogP contribution in [0.1, 0.15) is 53.4 Å². The lowest BCUT2D eigenvalue weighted by molar-refractivity contribution is 0.223. The van der Waals surface area contributed by atoms with Gasteiger partial charge in [0.15, 0.2) is 0 Å². The maximum Gasteiger partial charge on any atom is 0.00127 e. The van der Waals surface area contributed by atoms with Gasteiger partial charge in [-0.2, -0.15) is 0 Å². The highest BCUT2D eigenvalue weighted by Crippen LogP contribution is 2.46. The van der Waals surface area contributed by atoms with E-state index < -0.39 is 0 Å². The summed E-state index contributed by atoms with van der Waals surface area (Å²) >= 11 is 0. The van der Waals surface area contributed by atoms with Gasteiger partial charge in [0.25, 0.3) is 0 Å². The fourth-order valence-corrected chi connectivity index (χ4v) is 3.43. The van der Waals surface area contributed by atoms with E-state index >= 15 is 0 Å². The molecule has 0 saturated heterocycles. The van der Waals surface area contributed by atoms with Crippen molar-refractivity contribution >= 4 is 0 Å². The maximum atomic E-state index is 2.56. The zero-order chi connectivity index (χ0) is 11.0. The van der Waals surface area contributed by atoms with Crippen LogP contribution in [0.2, 0.25) is 0 Å². The van der Waals surface area contributed by atoms with Crippen LogP contribution >= 0.6 is 0 Å². The standard InChI is InChI=1S/C15H24/c1-10(2)13-8-6-12(4)14-7-5-11(3)9-15(13)14/h9,12,14-15H,5-8H2,1-4H3/t12-,14+,15-/m0/s1. The van der Waals surface area contributed by atoms with E-state index in [1.165, 1.54) is 25.7 Å². The van der Waals surface area contributed by atoms with Crippen molar-refractivity contribution in [3.8, 4) is 0 Å². The van der Waals surface area contributed by atoms with E-state index in [-0.39, 0.29) is 0 Å². The van der Waals surface area contributed by atoms with Crippen LogP contribution in [-0.2, 0) is 0 Å². The molecular weight excluding hydrogens is 180 g/mol. The molecule has 0 heteroatoms. The Morgan fingerprint density at radius 2 is 1.93 bits per heavy atom. The third-order valence-electron chi connectivity index (χ3n) is 4.44. The number of hydrogen-bond donors (Lipinski definition) is 0. The van der Waals surface area contributed by atoms with Crippen molar-refractivity contribution < 1.29 is 0 Å². The first-order valence-electron chi connectivity index (χ1n) is 6.43. The molecule has 0 heterocycles. The smallest absolute Gasteiger partial charge is 0.00127 e. The Morgan fingerprint density at radius 1 is 1.20 bits per heavy atom. The Labute approximate surface area is 94.5 Å². The molecular formula is C15H24. The molecule has 0 aromatic heterocycles. The second-order valence-electron chi connectivity index (χ2n) is 5.78. The normalized spacial score (nSPS) is 35.9. The molecule has 2 aliphatic rings. The van der Waals surface area contributed by atoms with Crippen LogP contribution in [0.3, 0.4) is 0 Å². The summed E-state index contributed by atoms with van der Waals surface area (Å²) in [5.41, 5.74) is 4.93. The van der Waals surface area contributed by atoms with Gasteiger partial charge in [-0.15, -0.1) is 0 Å². The number of rotatable bonds is 0. The first-order valence-corrected chi connectivity index (χ1v) is 6.43. The molecule has 0 bridgehead atoms. The summed E-state index contributed by atoms with van der Waals surface area (Å²) in [6.45, 7) is 9.34. The van der Waals surface area contributed by atoms with E-state index in [0.717, 1.165) is 17.8 Å². The molecule has 0 spiro atoms. The molecule has 2 rings (SSSR count). The van der Waals surface area contributed by atoms with Crippen molar-refractivity contribution in [1.82, 2.24) is 0 Å². The SMILES string of the molecule is CC1=C[C@H]2C(=C(C)C)CC[C@H](C)[C@H]2CC1. The third-order valence-corrected chi connectivity index (χ3v) is 4.44. The molecule has 0 unspecified atom stereocenters. The van der Waals surface area contributed by atoms with E-state index in [1.807, 2.05) is 0 Å². The lowest BCUT2D eigenvalue weighted by Gasteiger charge is -2.41. The summed E-state index contributed by atoms with van der Waals surface area (Å²) in [5, 5.41) is 0. The minimum atomic E-state index is 0.785. The third kappa shape index (κ3) is 2.04. The maximum absolute atomic E-state index is 2.56. The lowest BCUT2D eigenvalue weighted by Crippen LogP contribution is -2.30. The minimum Gasteiger partial charge on any atom is -0.0781 e. The van der Waals surface area contributed by atoms with Crippen LogP contribution in [0, 0.1) is 17.8 Å². The summed E-state index contributed by atoms with van der Waals surface area (Å²) in [4.78, 5) is 0. The van der Waals surface area contributed by atoms with Crippen LogP contribution in [0.4, 0.5) is 0 Å². The van der Waals surface area contributed by atoms with Crippen molar-refractivity contribution in [3.63, 3.8) is 0 Å². The van der Waals surface area contributed by atoms with Crippen molar-refractivity contribution in [2.24, 2.45) is 17.8 Å². The average Bonchev–Trinajstić information content (AvgIpc) is 2.17. The van der Waals surface area contributed by atoms with Crippen molar-refractivity contribution in [2.45, 2.75) is 53.4 Å². The Balaban J connectivity index is 2.33. The van der Waals surface area contributed by atoms with Crippen LogP contribution in [0.15, 0.2) is 22.8 Å². The summed E-state index contributed by atoms with van der Waals surface area (Å²) in [7, 11) is 0. The molecule has 15 heavy (non-hydrogen) atoms. The zero-order valence-corrected chi connectivity index (χ0v) is 10.6. The number of fused-ring (bicyclic) bond motifs is 1. The molecule has 0 N–H and O–H groups in total. The Bertz CT molecular complexity index is 302. The van der Waals surface area contributed by atoms with Crippen LogP contribution in [-0.4, -0.2) is 0 Å². The number of hydrogen-bond acceptors (Lipinski definition) is 0. The average molecular weight is 204 g/mol. The highest BCUT2D eigenvalue weighted by atomic mass is 14.4. The first-order chi connectivity index (χ1) is 7.09. The summed E-state index contributed by atoms with van der Waals surface area (Å²) < 4.78 is 0. The van der Waals surface area contributed by atoms with Gasteiger partial charge >= 0.3 is 0 Å². The van der Waals surface area contributed by atoms with Crippen LogP contribution in [0.5, 0.6) is 0 Å². The van der Waals surface area contributed by atoms with Gasteiger partial charge < -0.3 is 0 Å². The first kappa shape index (κ1) is 11.0. The lowest BCUT2D eigenvalue weighted by atomic mass is 9.64. The Morgan fingerprint density at radius 3 is 2.60 bits per heavy atom. The Hall–Kier alpha value is -0.520. The molecule has 0 amide bonds. The van der Waals surface area contributed by atoms with E-state index in [1.54, 1.807) is 16.7 Å². The van der Waals surface area contributed by atoms with Gasteiger partial charge in [-0.25, -0.2) is 0 Å². The molecule has 1 fully saturated rings. The molecule has 0 aromatic rings. The van der Waals surface area contributed by atoms with E-state index in [0.29, 0.717) is 0 Å². The topological polar surface area (TPSA) is 0 Å². The largest absolute Gasteiger partial charge is 0.0781 e. The summed E-state index contributed by atoms with van der Waals surface area (Å²) in [6.07, 6.45) is 8.07. The van der Waals surface area contributed by atoms with Crippen LogP contribution in [0.25, 0.3) is 0 Å². The van der Waals surface area contributed by atoms with E-state index in [2.05, 4.69) is 33.8 Å². The van der Waals surface area contributed by atoms with E-state index in [9.17, 15) is 0 Å². The van der Waals surface area contributed by atoms with Gasteiger partial charge in [0.05, 0.1) is 0 Å². The van der Waals surface area contributed by atoms with Gasteiger partial charge in [0, 0.05) is 5.92 Å². The number of allylic oxidation sites excluding steroid dienone is 4. The fourth-order valence-electron chi connectivity index (χ4n) is 3.43. The van der Waals surface area contributed by atoms with Gasteiger partial charge in [0.1, 0.15) is 0 Å². The molecule has 84 valence electrons. The predicted molar refractivity (Wildman–Crippen MR) is 66.7 cm³/mol. The molecule has 0 nitrogen and oxygen atoms in total. The van der Waals surface area contributed by atoms with Gasteiger partial charge in [-0.3, -0.25) is 0 Å². The molecule has 0 radical (unpaired) electrons. The van der Waals surface area contributed by atoms with Gasteiger partial charge in [0.2, 0.25) is 0 Å². The minimum absolute atomic E-state index is 0.785. The van der Waals surface area contributed by atoms with Crippen molar-refractivity contribution in [1.29, 1.82) is 0 Å². The van der Waals surface area contributed by atoms with Crippen molar-refractivity contribution in [3.05, 3.63) is 22.8 Å². The second kappa shape index (κ2) is 4.15. The quantitative estimate of drug-likeness (QED) is 0.501. The highest BCUT2D eigenvalue weighted by molar-refractivity contribution is 5.26. The van der Waals surface area contributed by atoms with Crippen LogP contribution < -0.4 is 0 Å². The van der Waals surface area contributed by atoms with E-state index in [4.69, 9.17) is 0 Å². The molecule has 1 saturated carbocycles. The molecule has 0 aliphatic heterocycles. The molecule has 3 atom stereocenters. The Kier molecular flexibility index (Phi) is 3.04. The monoisotopic (exact) mass is 204 g/mol. The second-order valence-corrected chi connectivity index (χ2v) is 5.78. The van der Waals surface area contributed by atoms with Crippen molar-refractivity contribution in [2.75, 3.05) is 0 Å². The highest BCUT2D eigenvalue weighted by Gasteiger charge is 2.34.